The largest absolute Gasteiger partial charge is 0.421 e. The summed E-state index contributed by atoms with van der Waals surface area (Å²) in [6.07, 6.45) is 1.32. The lowest BCUT2D eigenvalue weighted by Crippen LogP contribution is -2.26. The number of hydrogen-bond donors (Lipinski definition) is 2. The molecule has 0 aliphatic carbocycles. The van der Waals surface area contributed by atoms with Crippen molar-refractivity contribution in [3.05, 3.63) is 66.1 Å². The van der Waals surface area contributed by atoms with Gasteiger partial charge < -0.3 is 9.73 Å². The van der Waals surface area contributed by atoms with Crippen LogP contribution in [-0.4, -0.2) is 24.5 Å². The average molecular weight is 414 g/mol. The third-order valence-electron chi connectivity index (χ3n) is 4.35. The molecule has 8 nitrogen and oxygen atoms in total. The van der Waals surface area contributed by atoms with E-state index >= 15 is 0 Å². The summed E-state index contributed by atoms with van der Waals surface area (Å²) in [6.45, 7) is 1.78. The fraction of sp³-hybridized carbons (Fsp3) is 0.250. The van der Waals surface area contributed by atoms with Crippen LogP contribution >= 0.6 is 0 Å². The van der Waals surface area contributed by atoms with Crippen molar-refractivity contribution < 1.29 is 17.6 Å². The van der Waals surface area contributed by atoms with Crippen molar-refractivity contribution >= 4 is 15.9 Å². The molecule has 0 spiro atoms. The summed E-state index contributed by atoms with van der Waals surface area (Å²) in [7, 11) is -3.79. The number of sulfonamides is 1. The molecule has 0 aliphatic heterocycles. The van der Waals surface area contributed by atoms with Crippen LogP contribution in [0.4, 0.5) is 0 Å². The highest BCUT2D eigenvalue weighted by atomic mass is 32.2. The number of carbonyl (C=O) groups excluding carboxylic acids is 1. The second-order valence-corrected chi connectivity index (χ2v) is 8.19. The molecule has 0 aliphatic rings. The number of benzene rings is 2. The second kappa shape index (κ2) is 8.97. The highest BCUT2D eigenvalue weighted by Gasteiger charge is 2.14. The van der Waals surface area contributed by atoms with Crippen LogP contribution in [-0.2, 0) is 21.2 Å². The van der Waals surface area contributed by atoms with Crippen LogP contribution in [0.15, 0.2) is 63.9 Å². The summed E-state index contributed by atoms with van der Waals surface area (Å²) in [5.41, 5.74) is 1.51. The molecule has 0 fully saturated rings. The summed E-state index contributed by atoms with van der Waals surface area (Å²) >= 11 is 0. The third kappa shape index (κ3) is 5.72. The van der Waals surface area contributed by atoms with Gasteiger partial charge in [-0.2, -0.15) is 0 Å². The summed E-state index contributed by atoms with van der Waals surface area (Å²) in [5.74, 6) is 0.778. The van der Waals surface area contributed by atoms with E-state index in [4.69, 9.17) is 9.56 Å². The zero-order valence-electron chi connectivity index (χ0n) is 15.9. The van der Waals surface area contributed by atoms with Gasteiger partial charge in [-0.3, -0.25) is 4.79 Å². The second-order valence-electron chi connectivity index (χ2n) is 6.63. The Bertz CT molecular complexity index is 1080. The fourth-order valence-electron chi connectivity index (χ4n) is 2.81. The van der Waals surface area contributed by atoms with Crippen molar-refractivity contribution in [3.8, 4) is 11.5 Å². The Balaban J connectivity index is 1.50. The van der Waals surface area contributed by atoms with Gasteiger partial charge in [-0.25, -0.2) is 13.6 Å². The molecule has 0 saturated carbocycles. The van der Waals surface area contributed by atoms with E-state index in [-0.39, 0.29) is 23.3 Å². The van der Waals surface area contributed by atoms with Crippen LogP contribution in [0, 0.1) is 0 Å². The van der Waals surface area contributed by atoms with Gasteiger partial charge in [0.2, 0.25) is 27.7 Å². The first kappa shape index (κ1) is 20.7. The molecule has 152 valence electrons. The van der Waals surface area contributed by atoms with Gasteiger partial charge in [0.15, 0.2) is 0 Å². The number of rotatable bonds is 8. The van der Waals surface area contributed by atoms with Crippen molar-refractivity contribution in [2.24, 2.45) is 5.14 Å². The van der Waals surface area contributed by atoms with Gasteiger partial charge >= 0.3 is 0 Å². The number of nitrogens with one attached hydrogen (secondary N) is 1. The van der Waals surface area contributed by atoms with Crippen molar-refractivity contribution in [2.75, 3.05) is 0 Å². The third-order valence-corrected chi connectivity index (χ3v) is 5.26. The molecule has 29 heavy (non-hydrogen) atoms. The normalized spacial score (nSPS) is 12.5. The molecule has 1 unspecified atom stereocenters. The van der Waals surface area contributed by atoms with E-state index in [1.54, 1.807) is 19.1 Å². The zero-order chi connectivity index (χ0) is 20.9. The molecule has 0 saturated heterocycles. The molecule has 3 rings (SSSR count). The van der Waals surface area contributed by atoms with Gasteiger partial charge in [-0.05, 0) is 43.2 Å². The first-order chi connectivity index (χ1) is 13.8. The monoisotopic (exact) mass is 414 g/mol. The molecular weight excluding hydrogens is 392 g/mol. The summed E-state index contributed by atoms with van der Waals surface area (Å²) in [6, 6.07) is 15.3. The van der Waals surface area contributed by atoms with E-state index in [1.807, 2.05) is 30.3 Å². The van der Waals surface area contributed by atoms with Crippen LogP contribution in [0.1, 0.15) is 37.3 Å². The summed E-state index contributed by atoms with van der Waals surface area (Å²) in [5, 5.41) is 16.0. The Labute approximate surface area is 169 Å². The molecule has 9 heteroatoms. The molecule has 0 radical (unpaired) electrons. The van der Waals surface area contributed by atoms with Crippen molar-refractivity contribution in [1.82, 2.24) is 15.5 Å². The highest BCUT2D eigenvalue weighted by Crippen LogP contribution is 2.19. The van der Waals surface area contributed by atoms with E-state index in [1.165, 1.54) is 12.1 Å². The number of aromatic nitrogens is 2. The molecule has 1 atom stereocenters. The first-order valence-corrected chi connectivity index (χ1v) is 10.7. The fourth-order valence-corrected chi connectivity index (χ4v) is 3.38. The van der Waals surface area contributed by atoms with Gasteiger partial charge in [0.1, 0.15) is 0 Å². The van der Waals surface area contributed by atoms with Gasteiger partial charge in [0.05, 0.1) is 10.9 Å². The van der Waals surface area contributed by atoms with Crippen LogP contribution < -0.4 is 10.5 Å². The molecule has 1 amide bonds. The Hall–Kier alpha value is -3.04. The summed E-state index contributed by atoms with van der Waals surface area (Å²) in [4.78, 5) is 12.2. The molecule has 3 aromatic rings. The maximum absolute atomic E-state index is 12.2. The number of nitrogens with two attached hydrogens (primary N) is 1. The molecule has 3 N–H and O–H groups in total. The van der Waals surface area contributed by atoms with E-state index in [9.17, 15) is 13.2 Å². The Morgan fingerprint density at radius 3 is 2.62 bits per heavy atom. The Kier molecular flexibility index (Phi) is 6.40. The lowest BCUT2D eigenvalue weighted by atomic mass is 10.1. The van der Waals surface area contributed by atoms with Crippen LogP contribution in [0.3, 0.4) is 0 Å². The number of hydrogen-bond acceptors (Lipinski definition) is 6. The molecule has 1 aromatic heterocycles. The van der Waals surface area contributed by atoms with Gasteiger partial charge in [0.25, 0.3) is 0 Å². The molecule has 0 bridgehead atoms. The summed E-state index contributed by atoms with van der Waals surface area (Å²) < 4.78 is 28.6. The predicted molar refractivity (Wildman–Crippen MR) is 107 cm³/mol. The number of aryl methyl sites for hydroxylation is 1. The number of primary sulfonamides is 1. The SMILES string of the molecule is CC(NC(=O)CCCc1nnc(-c2ccccc2)o1)c1cccc(S(N)(=O)=O)c1. The number of amides is 1. The Morgan fingerprint density at radius 2 is 1.90 bits per heavy atom. The number of carbonyl (C=O) groups is 1. The first-order valence-electron chi connectivity index (χ1n) is 9.13. The quantitative estimate of drug-likeness (QED) is 0.583. The lowest BCUT2D eigenvalue weighted by Gasteiger charge is -2.15. The topological polar surface area (TPSA) is 128 Å². The maximum atomic E-state index is 12.2. The Morgan fingerprint density at radius 1 is 1.14 bits per heavy atom. The number of nitrogens with zero attached hydrogens (tertiary/aromatic N) is 2. The van der Waals surface area contributed by atoms with Crippen molar-refractivity contribution in [1.29, 1.82) is 0 Å². The van der Waals surface area contributed by atoms with E-state index in [0.29, 0.717) is 30.2 Å². The van der Waals surface area contributed by atoms with Crippen LogP contribution in [0.5, 0.6) is 0 Å². The van der Waals surface area contributed by atoms with Gasteiger partial charge in [-0.15, -0.1) is 10.2 Å². The van der Waals surface area contributed by atoms with Gasteiger partial charge in [-0.1, -0.05) is 30.3 Å². The van der Waals surface area contributed by atoms with Crippen molar-refractivity contribution in [2.45, 2.75) is 37.1 Å². The van der Waals surface area contributed by atoms with E-state index < -0.39 is 10.0 Å². The predicted octanol–water partition coefficient (Wildman–Crippen LogP) is 2.58. The van der Waals surface area contributed by atoms with Crippen molar-refractivity contribution in [3.63, 3.8) is 0 Å². The van der Waals surface area contributed by atoms with E-state index in [2.05, 4.69) is 15.5 Å². The van der Waals surface area contributed by atoms with E-state index in [0.717, 1.165) is 5.56 Å². The minimum atomic E-state index is -3.79. The molecular formula is C20H22N4O4S. The molecule has 2 aromatic carbocycles. The minimum absolute atomic E-state index is 0.0155. The van der Waals surface area contributed by atoms with Crippen LogP contribution in [0.25, 0.3) is 11.5 Å². The smallest absolute Gasteiger partial charge is 0.247 e. The highest BCUT2D eigenvalue weighted by molar-refractivity contribution is 7.89. The molecule has 1 heterocycles. The lowest BCUT2D eigenvalue weighted by molar-refractivity contribution is -0.121. The average Bonchev–Trinajstić information content (AvgIpc) is 3.17. The minimum Gasteiger partial charge on any atom is -0.421 e. The zero-order valence-corrected chi connectivity index (χ0v) is 16.7. The van der Waals surface area contributed by atoms with Gasteiger partial charge in [0, 0.05) is 18.4 Å². The van der Waals surface area contributed by atoms with Crippen LogP contribution in [0.2, 0.25) is 0 Å². The maximum Gasteiger partial charge on any atom is 0.247 e. The standard InChI is InChI=1S/C20H22N4O4S/c1-14(16-9-5-10-17(13-16)29(21,26)27)22-18(25)11-6-12-19-23-24-20(28-19)15-7-3-2-4-8-15/h2-5,7-10,13-14H,6,11-12H2,1H3,(H,22,25)(H2,21,26,27).